The maximum atomic E-state index is 8.52. The Balaban J connectivity index is -0.0000000171. The van der Waals surface area contributed by atoms with Gasteiger partial charge < -0.3 is 28.1 Å². The zero-order chi connectivity index (χ0) is 7.15. The van der Waals surface area contributed by atoms with E-state index in [-0.39, 0.29) is 108 Å². The first kappa shape index (κ1) is 29.2. The molecular formula is BaNa2O6Si2. The van der Waals surface area contributed by atoms with Gasteiger partial charge in [0.15, 0.2) is 0 Å². The fourth-order valence-corrected chi connectivity index (χ4v) is 0. The van der Waals surface area contributed by atoms with E-state index in [4.69, 9.17) is 28.1 Å². The summed E-state index contributed by atoms with van der Waals surface area (Å²) in [4.78, 5) is 34.1. The van der Waals surface area contributed by atoms with Crippen LogP contribution in [0.25, 0.3) is 0 Å². The van der Waals surface area contributed by atoms with Crippen LogP contribution in [0.3, 0.4) is 0 Å². The number of rotatable bonds is 0. The minimum Gasteiger partial charge on any atom is -0.672 e. The summed E-state index contributed by atoms with van der Waals surface area (Å²) in [6.07, 6.45) is 0. The molecule has 0 N–H and O–H groups in total. The Kier molecular flexibility index (Phi) is 61.1. The molecule has 0 heterocycles. The fraction of sp³-hybridized carbons (Fsp3) is 0. The summed E-state index contributed by atoms with van der Waals surface area (Å²) in [5, 5.41) is 0. The van der Waals surface area contributed by atoms with Crippen molar-refractivity contribution < 1.29 is 87.2 Å². The van der Waals surface area contributed by atoms with Crippen LogP contribution < -0.4 is 78.3 Å². The average molecular weight is 335 g/mol. The molecule has 0 radical (unpaired) electrons. The van der Waals surface area contributed by atoms with Crippen molar-refractivity contribution in [2.24, 2.45) is 0 Å². The molecule has 0 saturated heterocycles. The largest absolute Gasteiger partial charge is 2.00 e. The summed E-state index contributed by atoms with van der Waals surface area (Å²) in [7, 11) is -7.26. The monoisotopic (exact) mass is 336 g/mol. The molecule has 0 atom stereocenters. The maximum absolute atomic E-state index is 8.52. The van der Waals surface area contributed by atoms with E-state index in [1.807, 2.05) is 0 Å². The molecule has 0 fully saturated rings. The molecule has 0 amide bonds. The van der Waals surface area contributed by atoms with E-state index in [0.717, 1.165) is 0 Å². The molecular weight excluding hydrogens is 335 g/mol. The minimum atomic E-state index is -3.63. The normalized spacial score (nSPS) is 4.36. The molecule has 0 spiro atoms. The number of hydrogen-bond acceptors (Lipinski definition) is 6. The van der Waals surface area contributed by atoms with Crippen molar-refractivity contribution in [3.63, 3.8) is 0 Å². The van der Waals surface area contributed by atoms with Crippen LogP contribution in [-0.4, -0.2) is 67.2 Å². The summed E-state index contributed by atoms with van der Waals surface area (Å²) in [6.45, 7) is 0. The Morgan fingerprint density at radius 1 is 0.727 bits per heavy atom. The van der Waals surface area contributed by atoms with Crippen LogP contribution in [0.5, 0.6) is 0 Å². The van der Waals surface area contributed by atoms with Crippen LogP contribution in [0.2, 0.25) is 0 Å². The SMILES string of the molecule is O=[Si]([O-])[O-].O=[Si]([O-])[O-].[Ba+2].[Na+].[Na+]. The maximum Gasteiger partial charge on any atom is 2.00 e. The summed E-state index contributed by atoms with van der Waals surface area (Å²) >= 11 is 0. The molecule has 0 bridgehead atoms. The van der Waals surface area contributed by atoms with Gasteiger partial charge in [-0.05, 0) is 0 Å². The van der Waals surface area contributed by atoms with Crippen LogP contribution in [-0.2, 0) is 8.92 Å². The van der Waals surface area contributed by atoms with E-state index in [1.54, 1.807) is 0 Å². The van der Waals surface area contributed by atoms with Crippen LogP contribution >= 0.6 is 0 Å². The summed E-state index contributed by atoms with van der Waals surface area (Å²) in [5.74, 6) is 0. The zero-order valence-electron chi connectivity index (χ0n) is 6.16. The van der Waals surface area contributed by atoms with Gasteiger partial charge in [0.2, 0.25) is 0 Å². The predicted octanol–water partition coefficient (Wildman–Crippen LogP) is -12.1. The van der Waals surface area contributed by atoms with Crippen molar-refractivity contribution in [2.45, 2.75) is 0 Å². The molecule has 0 aliphatic rings. The predicted molar refractivity (Wildman–Crippen MR) is 18.6 cm³/mol. The third-order valence-corrected chi connectivity index (χ3v) is 0. The molecule has 11 heavy (non-hydrogen) atoms. The van der Waals surface area contributed by atoms with Crippen LogP contribution in [0, 0.1) is 0 Å². The molecule has 0 unspecified atom stereocenters. The summed E-state index contributed by atoms with van der Waals surface area (Å²) in [5.41, 5.74) is 0. The second-order valence-electron chi connectivity index (χ2n) is 0.500. The molecule has 11 heteroatoms. The molecule has 0 aliphatic heterocycles. The molecule has 0 aromatic heterocycles. The van der Waals surface area contributed by atoms with Crippen molar-refractivity contribution in [3.05, 3.63) is 0 Å². The van der Waals surface area contributed by atoms with Gasteiger partial charge in [-0.25, -0.2) is 0 Å². The van der Waals surface area contributed by atoms with Gasteiger partial charge in [0.25, 0.3) is 0 Å². The van der Waals surface area contributed by atoms with Gasteiger partial charge in [-0.1, -0.05) is 0 Å². The van der Waals surface area contributed by atoms with Gasteiger partial charge in [0.1, 0.15) is 0 Å². The Labute approximate surface area is 151 Å². The Morgan fingerprint density at radius 2 is 0.727 bits per heavy atom. The van der Waals surface area contributed by atoms with E-state index >= 15 is 0 Å². The Bertz CT molecular complexity index is 76.6. The standard InChI is InChI=1S/Ba.2Na.2O3Si/c;;;2*1-4(2)3/q+2;2*+1;2*-2. The molecule has 6 nitrogen and oxygen atoms in total. The van der Waals surface area contributed by atoms with E-state index in [0.29, 0.717) is 0 Å². The van der Waals surface area contributed by atoms with Crippen LogP contribution in [0.15, 0.2) is 0 Å². The van der Waals surface area contributed by atoms with Crippen LogP contribution in [0.4, 0.5) is 0 Å². The van der Waals surface area contributed by atoms with E-state index in [1.165, 1.54) is 0 Å². The smallest absolute Gasteiger partial charge is 0.672 e. The van der Waals surface area contributed by atoms with Gasteiger partial charge in [0.05, 0.1) is 0 Å². The van der Waals surface area contributed by atoms with Gasteiger partial charge in [-0.2, -0.15) is 0 Å². The third kappa shape index (κ3) is 190. The molecule has 0 aromatic carbocycles. The van der Waals surface area contributed by atoms with Gasteiger partial charge in [-0.3, -0.25) is 0 Å². The first-order valence-electron chi connectivity index (χ1n) is 1.22. The first-order chi connectivity index (χ1) is 3.46. The van der Waals surface area contributed by atoms with Crippen molar-refractivity contribution in [1.82, 2.24) is 0 Å². The first-order valence-corrected chi connectivity index (χ1v) is 3.67. The molecule has 48 valence electrons. The third-order valence-electron chi connectivity index (χ3n) is 0. The summed E-state index contributed by atoms with van der Waals surface area (Å²) < 4.78 is 17.0. The average Bonchev–Trinajstić information content (AvgIpc) is 1.25. The topological polar surface area (TPSA) is 126 Å². The Morgan fingerprint density at radius 3 is 0.727 bits per heavy atom. The van der Waals surface area contributed by atoms with Gasteiger partial charge in [0, 0.05) is 18.3 Å². The van der Waals surface area contributed by atoms with Gasteiger partial charge >= 0.3 is 108 Å². The van der Waals surface area contributed by atoms with Gasteiger partial charge in [-0.15, -0.1) is 0 Å². The zero-order valence-corrected chi connectivity index (χ0v) is 16.6. The second kappa shape index (κ2) is 23.0. The summed E-state index contributed by atoms with van der Waals surface area (Å²) in [6, 6.07) is 0. The van der Waals surface area contributed by atoms with Crippen LogP contribution in [0.1, 0.15) is 0 Å². The molecule has 0 rings (SSSR count). The molecule has 0 aliphatic carbocycles. The fourth-order valence-electron chi connectivity index (χ4n) is 0. The Hall–Kier alpha value is 2.81. The van der Waals surface area contributed by atoms with Crippen molar-refractivity contribution in [3.8, 4) is 0 Å². The van der Waals surface area contributed by atoms with E-state index in [2.05, 4.69) is 0 Å². The second-order valence-corrected chi connectivity index (χ2v) is 1.50. The minimum absolute atomic E-state index is 0. The number of hydrogen-bond donors (Lipinski definition) is 0. The van der Waals surface area contributed by atoms with Crippen molar-refractivity contribution in [1.29, 1.82) is 0 Å². The van der Waals surface area contributed by atoms with Crippen molar-refractivity contribution >= 4 is 67.2 Å². The molecule has 0 saturated carbocycles. The molecule has 0 aromatic rings. The quantitative estimate of drug-likeness (QED) is 0.405. The van der Waals surface area contributed by atoms with E-state index in [9.17, 15) is 0 Å². The van der Waals surface area contributed by atoms with E-state index < -0.39 is 18.3 Å². The van der Waals surface area contributed by atoms with Crippen molar-refractivity contribution in [2.75, 3.05) is 0 Å².